The molecule has 14 nitrogen and oxygen atoms in total. The second kappa shape index (κ2) is 11.1. The highest BCUT2D eigenvalue weighted by molar-refractivity contribution is 6.36. The molecule has 3 aromatic rings. The standard InChI is InChI=1S/C25H25ClN12O2/c1-36(7-5-27)20-13-37(6-4-17(20)33-25(39)40)19-9-14(10-28)8-18(21(19)26)32-24-34-22(31-15-2-3-15)23-30-12-16(11-29)38(23)35-24/h8-9,12,15,17,20,33H,2-4,6-7,13H2,1H3,(H,39,40)(H2,31,32,34,35)/t17-,20+/m0/s1. The van der Waals surface area contributed by atoms with Gasteiger partial charge in [0, 0.05) is 25.2 Å². The molecule has 1 aliphatic heterocycles. The van der Waals surface area contributed by atoms with E-state index in [0.29, 0.717) is 52.9 Å². The molecule has 2 aliphatic rings. The summed E-state index contributed by atoms with van der Waals surface area (Å²) in [6.45, 7) is 0.953. The van der Waals surface area contributed by atoms with Crippen LogP contribution in [0.4, 0.5) is 27.9 Å². The highest BCUT2D eigenvalue weighted by Gasteiger charge is 2.34. The summed E-state index contributed by atoms with van der Waals surface area (Å²) in [4.78, 5) is 24.0. The van der Waals surface area contributed by atoms with E-state index in [0.717, 1.165) is 12.8 Å². The number of carbonyl (C=O) groups is 1. The molecule has 1 saturated carbocycles. The molecule has 4 N–H and O–H groups in total. The third-order valence-corrected chi connectivity index (χ3v) is 7.34. The van der Waals surface area contributed by atoms with Crippen LogP contribution in [0.25, 0.3) is 5.65 Å². The summed E-state index contributed by atoms with van der Waals surface area (Å²) < 4.78 is 1.40. The van der Waals surface area contributed by atoms with E-state index in [1.165, 1.54) is 10.7 Å². The quantitative estimate of drug-likeness (QED) is 0.294. The molecule has 1 aliphatic carbocycles. The minimum Gasteiger partial charge on any atom is -0.465 e. The highest BCUT2D eigenvalue weighted by Crippen LogP contribution is 2.37. The van der Waals surface area contributed by atoms with Gasteiger partial charge in [0.1, 0.15) is 6.07 Å². The largest absolute Gasteiger partial charge is 0.465 e. The van der Waals surface area contributed by atoms with Crippen LogP contribution in [0, 0.1) is 34.0 Å². The minimum absolute atomic E-state index is 0.116. The van der Waals surface area contributed by atoms with E-state index in [1.807, 2.05) is 4.90 Å². The smallest absolute Gasteiger partial charge is 0.404 e. The SMILES string of the molecule is CN(CC#N)[C@@H]1CN(c2cc(C#N)cc(Nc3nc(NC4CC4)c4ncc(C#N)n4n3)c2Cl)CC[C@@H]1NC(=O)O. The fourth-order valence-electron chi connectivity index (χ4n) is 4.80. The van der Waals surface area contributed by atoms with Gasteiger partial charge in [0.15, 0.2) is 17.2 Å². The molecule has 3 heterocycles. The molecular formula is C25H25ClN12O2. The fourth-order valence-corrected chi connectivity index (χ4v) is 5.07. The topological polar surface area (TPSA) is 194 Å². The molecule has 2 aromatic heterocycles. The zero-order valence-corrected chi connectivity index (χ0v) is 22.2. The number of nitrogens with one attached hydrogen (secondary N) is 3. The number of carboxylic acid groups (broad SMARTS) is 1. The average molecular weight is 561 g/mol. The van der Waals surface area contributed by atoms with E-state index in [4.69, 9.17) is 11.6 Å². The maximum Gasteiger partial charge on any atom is 0.404 e. The molecule has 2 atom stereocenters. The number of hydrogen-bond acceptors (Lipinski definition) is 11. The number of piperidine rings is 1. The minimum atomic E-state index is -1.13. The number of anilines is 4. The van der Waals surface area contributed by atoms with Crippen molar-refractivity contribution < 1.29 is 9.90 Å². The molecule has 0 spiro atoms. The maximum atomic E-state index is 11.4. The lowest BCUT2D eigenvalue weighted by molar-refractivity contribution is 0.159. The molecule has 0 bridgehead atoms. The molecule has 1 amide bonds. The average Bonchev–Trinajstić information content (AvgIpc) is 3.65. The van der Waals surface area contributed by atoms with Gasteiger partial charge in [-0.15, -0.1) is 5.10 Å². The molecule has 1 aromatic carbocycles. The van der Waals surface area contributed by atoms with Crippen LogP contribution in [0.5, 0.6) is 0 Å². The Morgan fingerprint density at radius 1 is 1.25 bits per heavy atom. The summed E-state index contributed by atoms with van der Waals surface area (Å²) >= 11 is 6.89. The second-order valence-corrected chi connectivity index (χ2v) is 10.1. The van der Waals surface area contributed by atoms with Crippen LogP contribution in [0.1, 0.15) is 30.5 Å². The van der Waals surface area contributed by atoms with Crippen molar-refractivity contribution in [3.63, 3.8) is 0 Å². The van der Waals surface area contributed by atoms with Crippen molar-refractivity contribution in [1.82, 2.24) is 29.8 Å². The Bertz CT molecular complexity index is 1580. The van der Waals surface area contributed by atoms with Gasteiger partial charge in [-0.1, -0.05) is 11.6 Å². The van der Waals surface area contributed by atoms with E-state index in [2.05, 4.69) is 49.2 Å². The highest BCUT2D eigenvalue weighted by atomic mass is 35.5. The number of hydrogen-bond donors (Lipinski definition) is 4. The molecule has 204 valence electrons. The number of fused-ring (bicyclic) bond motifs is 1. The fraction of sp³-hybridized carbons (Fsp3) is 0.400. The number of imidazole rings is 1. The predicted octanol–water partition coefficient (Wildman–Crippen LogP) is 2.51. The second-order valence-electron chi connectivity index (χ2n) is 9.72. The third-order valence-electron chi connectivity index (χ3n) is 6.94. The molecule has 5 rings (SSSR count). The van der Waals surface area contributed by atoms with Crippen LogP contribution >= 0.6 is 11.6 Å². The predicted molar refractivity (Wildman–Crippen MR) is 145 cm³/mol. The van der Waals surface area contributed by atoms with Gasteiger partial charge in [-0.3, -0.25) is 4.90 Å². The van der Waals surface area contributed by atoms with Gasteiger partial charge in [-0.05, 0) is 38.4 Å². The van der Waals surface area contributed by atoms with Gasteiger partial charge in [0.2, 0.25) is 5.95 Å². The number of nitriles is 3. The number of amides is 1. The first-order valence-corrected chi connectivity index (χ1v) is 12.9. The van der Waals surface area contributed by atoms with Gasteiger partial charge >= 0.3 is 6.09 Å². The van der Waals surface area contributed by atoms with Crippen molar-refractivity contribution in [2.75, 3.05) is 42.2 Å². The zero-order valence-electron chi connectivity index (χ0n) is 21.5. The van der Waals surface area contributed by atoms with Crippen molar-refractivity contribution in [2.45, 2.75) is 37.4 Å². The van der Waals surface area contributed by atoms with Crippen LogP contribution in [0.2, 0.25) is 5.02 Å². The summed E-state index contributed by atoms with van der Waals surface area (Å²) in [6, 6.07) is 9.18. The summed E-state index contributed by atoms with van der Waals surface area (Å²) in [7, 11) is 1.76. The summed E-state index contributed by atoms with van der Waals surface area (Å²) in [5.74, 6) is 0.634. The van der Waals surface area contributed by atoms with Crippen LogP contribution in [0.3, 0.4) is 0 Å². The Kier molecular flexibility index (Phi) is 7.43. The Balaban J connectivity index is 1.49. The van der Waals surface area contributed by atoms with Gasteiger partial charge in [-0.2, -0.15) is 25.3 Å². The Morgan fingerprint density at radius 2 is 2.05 bits per heavy atom. The molecule has 0 unspecified atom stereocenters. The number of benzene rings is 1. The van der Waals surface area contributed by atoms with Gasteiger partial charge in [-0.25, -0.2) is 9.78 Å². The summed E-state index contributed by atoms with van der Waals surface area (Å²) in [5, 5.41) is 51.5. The van der Waals surface area contributed by atoms with Gasteiger partial charge in [0.25, 0.3) is 0 Å². The summed E-state index contributed by atoms with van der Waals surface area (Å²) in [5.41, 5.74) is 1.97. The number of aromatic nitrogens is 4. The molecule has 1 saturated heterocycles. The summed E-state index contributed by atoms with van der Waals surface area (Å²) in [6.07, 6.45) is 2.78. The first-order chi connectivity index (χ1) is 19.3. The van der Waals surface area contributed by atoms with E-state index < -0.39 is 6.09 Å². The molecule has 2 fully saturated rings. The van der Waals surface area contributed by atoms with Crippen LogP contribution in [-0.2, 0) is 0 Å². The van der Waals surface area contributed by atoms with Gasteiger partial charge < -0.3 is 26.0 Å². The van der Waals surface area contributed by atoms with Crippen LogP contribution in [-0.4, -0.2) is 80.5 Å². The first-order valence-electron chi connectivity index (χ1n) is 12.6. The normalized spacial score (nSPS) is 18.6. The van der Waals surface area contributed by atoms with Crippen molar-refractivity contribution in [3.05, 3.63) is 34.6 Å². The van der Waals surface area contributed by atoms with Crippen molar-refractivity contribution in [1.29, 1.82) is 15.8 Å². The number of halogens is 1. The number of rotatable bonds is 8. The lowest BCUT2D eigenvalue weighted by Gasteiger charge is -2.43. The van der Waals surface area contributed by atoms with Gasteiger partial charge in [0.05, 0.1) is 52.9 Å². The zero-order chi connectivity index (χ0) is 28.4. The van der Waals surface area contributed by atoms with Crippen molar-refractivity contribution in [3.8, 4) is 18.2 Å². The molecule has 40 heavy (non-hydrogen) atoms. The van der Waals surface area contributed by atoms with E-state index >= 15 is 0 Å². The Labute approximate surface area is 234 Å². The maximum absolute atomic E-state index is 11.4. The van der Waals surface area contributed by atoms with E-state index in [9.17, 15) is 25.7 Å². The van der Waals surface area contributed by atoms with E-state index in [1.54, 1.807) is 24.1 Å². The van der Waals surface area contributed by atoms with Crippen LogP contribution in [0.15, 0.2) is 18.3 Å². The third kappa shape index (κ3) is 5.47. The molecule has 15 heteroatoms. The molecular weight excluding hydrogens is 536 g/mol. The Hall–Kier alpha value is -4.84. The number of nitrogens with zero attached hydrogens (tertiary/aromatic N) is 9. The molecule has 0 radical (unpaired) electrons. The van der Waals surface area contributed by atoms with Crippen molar-refractivity contribution >= 4 is 46.5 Å². The van der Waals surface area contributed by atoms with E-state index in [-0.39, 0.29) is 36.3 Å². The lowest BCUT2D eigenvalue weighted by atomic mass is 9.97. The van der Waals surface area contributed by atoms with Crippen LogP contribution < -0.4 is 20.9 Å². The first kappa shape index (κ1) is 26.8. The van der Waals surface area contributed by atoms with Crippen molar-refractivity contribution in [2.24, 2.45) is 0 Å². The number of likely N-dealkylation sites (N-methyl/N-ethyl adjacent to an activating group) is 1. The lowest BCUT2D eigenvalue weighted by Crippen LogP contribution is -2.60. The monoisotopic (exact) mass is 560 g/mol. The Morgan fingerprint density at radius 3 is 2.73 bits per heavy atom.